The van der Waals surface area contributed by atoms with Crippen molar-refractivity contribution < 1.29 is 14.3 Å². The lowest BCUT2D eigenvalue weighted by molar-refractivity contribution is -0.149. The zero-order valence-electron chi connectivity index (χ0n) is 18.3. The van der Waals surface area contributed by atoms with Crippen molar-refractivity contribution in [2.45, 2.75) is 52.9 Å². The average molecular weight is 436 g/mol. The first-order valence-electron chi connectivity index (χ1n) is 10.7. The molecule has 31 heavy (non-hydrogen) atoms. The SMILES string of the molecule is CCc1ccc(Oc2ccc(C#N)c(Cl)c2)cc1C1C(=O)[C@@H]2CC[C@](C)(C1=O)C2(C)C. The summed E-state index contributed by atoms with van der Waals surface area (Å²) in [4.78, 5) is 27.2. The van der Waals surface area contributed by atoms with Gasteiger partial charge in [-0.2, -0.15) is 5.26 Å². The molecule has 0 N–H and O–H groups in total. The number of halogens is 1. The molecule has 2 bridgehead atoms. The fourth-order valence-electron chi connectivity index (χ4n) is 5.40. The minimum atomic E-state index is -0.742. The number of carbonyl (C=O) groups is 2. The van der Waals surface area contributed by atoms with Gasteiger partial charge in [0, 0.05) is 17.4 Å². The fraction of sp³-hybridized carbons (Fsp3) is 0.423. The van der Waals surface area contributed by atoms with Crippen molar-refractivity contribution in [1.29, 1.82) is 5.26 Å². The number of benzene rings is 2. The van der Waals surface area contributed by atoms with E-state index in [-0.39, 0.29) is 22.9 Å². The third-order valence-corrected chi connectivity index (χ3v) is 8.08. The van der Waals surface area contributed by atoms with Gasteiger partial charge in [-0.3, -0.25) is 9.59 Å². The smallest absolute Gasteiger partial charge is 0.154 e. The van der Waals surface area contributed by atoms with Crippen LogP contribution in [-0.2, 0) is 16.0 Å². The molecular weight excluding hydrogens is 410 g/mol. The summed E-state index contributed by atoms with van der Waals surface area (Å²) in [5.74, 6) is 0.257. The highest BCUT2D eigenvalue weighted by Gasteiger charge is 2.64. The molecule has 1 unspecified atom stereocenters. The molecule has 3 atom stereocenters. The minimum absolute atomic E-state index is 0.0320. The number of rotatable bonds is 4. The Labute approximate surface area is 188 Å². The first-order valence-corrected chi connectivity index (χ1v) is 11.1. The van der Waals surface area contributed by atoms with Gasteiger partial charge >= 0.3 is 0 Å². The molecular formula is C26H26ClNO3. The van der Waals surface area contributed by atoms with Crippen LogP contribution in [0.25, 0.3) is 0 Å². The average Bonchev–Trinajstić information content (AvgIpc) is 2.91. The Balaban J connectivity index is 1.74. The van der Waals surface area contributed by atoms with Gasteiger partial charge in [0.05, 0.1) is 10.6 Å². The number of Topliss-reactive ketones (excluding diaryl/α,β-unsaturated/α-hetero) is 2. The molecule has 0 aromatic heterocycles. The van der Waals surface area contributed by atoms with Crippen LogP contribution >= 0.6 is 11.6 Å². The molecule has 2 fully saturated rings. The second-order valence-electron chi connectivity index (χ2n) is 9.41. The molecule has 0 radical (unpaired) electrons. The van der Waals surface area contributed by atoms with Gasteiger partial charge in [-0.15, -0.1) is 0 Å². The number of carbonyl (C=O) groups excluding carboxylic acids is 2. The summed E-state index contributed by atoms with van der Waals surface area (Å²) >= 11 is 6.12. The van der Waals surface area contributed by atoms with Gasteiger partial charge < -0.3 is 4.74 Å². The van der Waals surface area contributed by atoms with Crippen molar-refractivity contribution in [1.82, 2.24) is 0 Å². The summed E-state index contributed by atoms with van der Waals surface area (Å²) in [6, 6.07) is 12.5. The summed E-state index contributed by atoms with van der Waals surface area (Å²) in [6.07, 6.45) is 2.25. The Hall–Kier alpha value is -2.64. The normalized spacial score (nSPS) is 26.6. The second kappa shape index (κ2) is 7.50. The quantitative estimate of drug-likeness (QED) is 0.532. The maximum Gasteiger partial charge on any atom is 0.154 e. The van der Waals surface area contributed by atoms with Crippen LogP contribution in [0.1, 0.15) is 63.1 Å². The molecule has 0 spiro atoms. The predicted octanol–water partition coefficient (Wildman–Crippen LogP) is 6.24. The number of fused-ring (bicyclic) bond motifs is 2. The van der Waals surface area contributed by atoms with Gasteiger partial charge in [0.25, 0.3) is 0 Å². The standard InChI is InChI=1S/C26H26ClNO3/c1-5-15-6-8-17(31-18-9-7-16(14-28)21(27)13-18)12-19(15)22-23(29)20-10-11-26(4,24(22)30)25(20,2)3/h6-9,12-13,20,22H,5,10-11H2,1-4H3/t20-,22?,26+/m0/s1. The number of nitriles is 1. The number of aryl methyl sites for hydroxylation is 1. The highest BCUT2D eigenvalue weighted by molar-refractivity contribution is 6.31. The Morgan fingerprint density at radius 2 is 1.81 bits per heavy atom. The van der Waals surface area contributed by atoms with Crippen LogP contribution in [0.3, 0.4) is 0 Å². The Bertz CT molecular complexity index is 1130. The molecule has 2 aliphatic carbocycles. The maximum absolute atomic E-state index is 13.7. The van der Waals surface area contributed by atoms with E-state index in [4.69, 9.17) is 21.6 Å². The number of nitrogens with zero attached hydrogens (tertiary/aromatic N) is 1. The van der Waals surface area contributed by atoms with E-state index in [9.17, 15) is 9.59 Å². The topological polar surface area (TPSA) is 67.2 Å². The van der Waals surface area contributed by atoms with Gasteiger partial charge in [0.2, 0.25) is 0 Å². The van der Waals surface area contributed by atoms with Crippen LogP contribution < -0.4 is 4.74 Å². The predicted molar refractivity (Wildman–Crippen MR) is 119 cm³/mol. The lowest BCUT2D eigenvalue weighted by Crippen LogP contribution is -2.52. The van der Waals surface area contributed by atoms with Gasteiger partial charge in [-0.05, 0) is 60.1 Å². The number of ether oxygens (including phenoxy) is 1. The molecule has 0 heterocycles. The van der Waals surface area contributed by atoms with Crippen LogP contribution in [0.4, 0.5) is 0 Å². The molecule has 0 amide bonds. The van der Waals surface area contributed by atoms with Crippen molar-refractivity contribution in [3.05, 3.63) is 58.1 Å². The summed E-state index contributed by atoms with van der Waals surface area (Å²) in [6.45, 7) is 8.18. The Morgan fingerprint density at radius 1 is 1.13 bits per heavy atom. The number of hydrogen-bond donors (Lipinski definition) is 0. The van der Waals surface area contributed by atoms with Crippen molar-refractivity contribution in [3.63, 3.8) is 0 Å². The Kier molecular flexibility index (Phi) is 5.22. The zero-order chi connectivity index (χ0) is 22.6. The molecule has 5 heteroatoms. The van der Waals surface area contributed by atoms with Crippen molar-refractivity contribution in [3.8, 4) is 17.6 Å². The lowest BCUT2D eigenvalue weighted by atomic mass is 9.54. The molecule has 160 valence electrons. The monoisotopic (exact) mass is 435 g/mol. The Morgan fingerprint density at radius 3 is 2.45 bits per heavy atom. The van der Waals surface area contributed by atoms with E-state index in [0.717, 1.165) is 30.4 Å². The number of hydrogen-bond acceptors (Lipinski definition) is 4. The van der Waals surface area contributed by atoms with Gasteiger partial charge in [-0.25, -0.2) is 0 Å². The van der Waals surface area contributed by atoms with Crippen LogP contribution in [0, 0.1) is 28.1 Å². The molecule has 0 saturated heterocycles. The maximum atomic E-state index is 13.7. The summed E-state index contributed by atoms with van der Waals surface area (Å²) in [5, 5.41) is 9.37. The van der Waals surface area contributed by atoms with Crippen LogP contribution in [0.15, 0.2) is 36.4 Å². The first-order chi connectivity index (χ1) is 14.6. The number of ketones is 2. The van der Waals surface area contributed by atoms with E-state index in [1.54, 1.807) is 18.2 Å². The van der Waals surface area contributed by atoms with Crippen molar-refractivity contribution in [2.75, 3.05) is 0 Å². The van der Waals surface area contributed by atoms with Gasteiger partial charge in [0.15, 0.2) is 11.6 Å². The third kappa shape index (κ3) is 3.18. The van der Waals surface area contributed by atoms with Crippen LogP contribution in [-0.4, -0.2) is 11.6 Å². The largest absolute Gasteiger partial charge is 0.457 e. The van der Waals surface area contributed by atoms with Crippen LogP contribution in [0.5, 0.6) is 11.5 Å². The van der Waals surface area contributed by atoms with E-state index in [0.29, 0.717) is 22.1 Å². The highest BCUT2D eigenvalue weighted by Crippen LogP contribution is 2.62. The van der Waals surface area contributed by atoms with E-state index in [1.807, 2.05) is 38.1 Å². The van der Waals surface area contributed by atoms with E-state index < -0.39 is 11.3 Å². The van der Waals surface area contributed by atoms with Gasteiger partial charge in [-0.1, -0.05) is 45.4 Å². The minimum Gasteiger partial charge on any atom is -0.457 e. The summed E-state index contributed by atoms with van der Waals surface area (Å²) in [5.41, 5.74) is 1.29. The zero-order valence-corrected chi connectivity index (χ0v) is 19.0. The molecule has 2 aromatic rings. The molecule has 0 aliphatic heterocycles. The lowest BCUT2D eigenvalue weighted by Gasteiger charge is -2.46. The van der Waals surface area contributed by atoms with E-state index >= 15 is 0 Å². The summed E-state index contributed by atoms with van der Waals surface area (Å²) < 4.78 is 5.98. The van der Waals surface area contributed by atoms with Gasteiger partial charge in [0.1, 0.15) is 23.5 Å². The van der Waals surface area contributed by atoms with Crippen molar-refractivity contribution >= 4 is 23.2 Å². The summed E-state index contributed by atoms with van der Waals surface area (Å²) in [7, 11) is 0. The molecule has 4 nitrogen and oxygen atoms in total. The molecule has 4 rings (SSSR count). The third-order valence-electron chi connectivity index (χ3n) is 7.77. The molecule has 2 aliphatic rings. The van der Waals surface area contributed by atoms with Crippen LogP contribution in [0.2, 0.25) is 5.02 Å². The van der Waals surface area contributed by atoms with Crippen molar-refractivity contribution in [2.24, 2.45) is 16.7 Å². The van der Waals surface area contributed by atoms with E-state index in [2.05, 4.69) is 13.8 Å². The first kappa shape index (κ1) is 21.6. The second-order valence-corrected chi connectivity index (χ2v) is 9.82. The fourth-order valence-corrected chi connectivity index (χ4v) is 5.61. The molecule has 2 aromatic carbocycles. The molecule has 2 saturated carbocycles. The van der Waals surface area contributed by atoms with E-state index in [1.165, 1.54) is 0 Å². The highest BCUT2D eigenvalue weighted by atomic mass is 35.5.